The molecule has 3 N–H and O–H groups in total. The van der Waals surface area contributed by atoms with Crippen molar-refractivity contribution in [1.82, 2.24) is 20.2 Å². The molecule has 3 unspecified atom stereocenters. The Balaban J connectivity index is 2.04. The lowest BCUT2D eigenvalue weighted by Crippen LogP contribution is -2.39. The summed E-state index contributed by atoms with van der Waals surface area (Å²) >= 11 is 0. The fourth-order valence-electron chi connectivity index (χ4n) is 2.29. The van der Waals surface area contributed by atoms with Crippen molar-refractivity contribution >= 4 is 0 Å². The Morgan fingerprint density at radius 2 is 2.31 bits per heavy atom. The fourth-order valence-corrected chi connectivity index (χ4v) is 2.29. The largest absolute Gasteiger partial charge is 0.271 e. The number of aromatic nitrogens is 3. The molecular formula is C11H21N5. The molecule has 0 aliphatic heterocycles. The van der Waals surface area contributed by atoms with Gasteiger partial charge >= 0.3 is 0 Å². The summed E-state index contributed by atoms with van der Waals surface area (Å²) in [5, 5.41) is 4.24. The van der Waals surface area contributed by atoms with E-state index in [4.69, 9.17) is 5.84 Å². The standard InChI is InChI=1S/C11H21N5/c1-7(2)16-11(13-6-14-16)5-10(15-12)9-4-8(9)3/h6-10,15H,4-5,12H2,1-3H3. The number of hydrazine groups is 1. The second-order valence-corrected chi connectivity index (χ2v) is 5.07. The predicted octanol–water partition coefficient (Wildman–Crippen LogP) is 0.889. The van der Waals surface area contributed by atoms with Gasteiger partial charge in [-0.05, 0) is 32.1 Å². The summed E-state index contributed by atoms with van der Waals surface area (Å²) in [6.45, 7) is 6.49. The van der Waals surface area contributed by atoms with E-state index in [-0.39, 0.29) is 0 Å². The topological polar surface area (TPSA) is 68.8 Å². The van der Waals surface area contributed by atoms with Gasteiger partial charge < -0.3 is 0 Å². The Bertz CT molecular complexity index is 346. The molecule has 3 atom stereocenters. The number of hydrogen-bond donors (Lipinski definition) is 2. The van der Waals surface area contributed by atoms with Gasteiger partial charge in [-0.2, -0.15) is 5.10 Å². The van der Waals surface area contributed by atoms with Gasteiger partial charge in [0.1, 0.15) is 12.2 Å². The first-order chi connectivity index (χ1) is 7.63. The van der Waals surface area contributed by atoms with Crippen LogP contribution < -0.4 is 11.3 Å². The summed E-state index contributed by atoms with van der Waals surface area (Å²) in [5.41, 5.74) is 2.92. The number of nitrogens with two attached hydrogens (primary N) is 1. The molecule has 5 heteroatoms. The summed E-state index contributed by atoms with van der Waals surface area (Å²) in [5.74, 6) is 8.12. The van der Waals surface area contributed by atoms with Crippen LogP contribution in [0.4, 0.5) is 0 Å². The van der Waals surface area contributed by atoms with E-state index in [9.17, 15) is 0 Å². The molecule has 5 nitrogen and oxygen atoms in total. The molecule has 1 fully saturated rings. The molecule has 0 spiro atoms. The first-order valence-corrected chi connectivity index (χ1v) is 5.98. The van der Waals surface area contributed by atoms with Gasteiger partial charge in [-0.25, -0.2) is 9.67 Å². The highest BCUT2D eigenvalue weighted by molar-refractivity contribution is 4.99. The van der Waals surface area contributed by atoms with E-state index in [1.54, 1.807) is 6.33 Å². The Morgan fingerprint density at radius 1 is 1.62 bits per heavy atom. The monoisotopic (exact) mass is 223 g/mol. The minimum atomic E-state index is 0.330. The zero-order valence-corrected chi connectivity index (χ0v) is 10.2. The third-order valence-corrected chi connectivity index (χ3v) is 3.44. The lowest BCUT2D eigenvalue weighted by Gasteiger charge is -2.16. The van der Waals surface area contributed by atoms with Crippen LogP contribution in [0.3, 0.4) is 0 Å². The smallest absolute Gasteiger partial charge is 0.138 e. The van der Waals surface area contributed by atoms with Crippen molar-refractivity contribution in [1.29, 1.82) is 0 Å². The van der Waals surface area contributed by atoms with E-state index in [0.717, 1.165) is 18.2 Å². The lowest BCUT2D eigenvalue weighted by atomic mass is 10.1. The van der Waals surface area contributed by atoms with Crippen LogP contribution >= 0.6 is 0 Å². The van der Waals surface area contributed by atoms with Crippen molar-refractivity contribution < 1.29 is 0 Å². The maximum absolute atomic E-state index is 5.61. The summed E-state index contributed by atoms with van der Waals surface area (Å²) in [7, 11) is 0. The number of hydrogen-bond acceptors (Lipinski definition) is 4. The number of rotatable bonds is 5. The van der Waals surface area contributed by atoms with Crippen LogP contribution in [0, 0.1) is 11.8 Å². The van der Waals surface area contributed by atoms with Crippen molar-refractivity contribution in [3.8, 4) is 0 Å². The predicted molar refractivity (Wildman–Crippen MR) is 62.5 cm³/mol. The molecule has 2 rings (SSSR count). The molecule has 16 heavy (non-hydrogen) atoms. The van der Waals surface area contributed by atoms with Crippen LogP contribution in [-0.2, 0) is 6.42 Å². The van der Waals surface area contributed by atoms with Gasteiger partial charge in [0, 0.05) is 18.5 Å². The zero-order valence-electron chi connectivity index (χ0n) is 10.2. The van der Waals surface area contributed by atoms with Gasteiger partial charge in [0.2, 0.25) is 0 Å². The summed E-state index contributed by atoms with van der Waals surface area (Å²) in [6, 6.07) is 0.684. The van der Waals surface area contributed by atoms with Crippen molar-refractivity contribution in [2.24, 2.45) is 17.7 Å². The lowest BCUT2D eigenvalue weighted by molar-refractivity contribution is 0.421. The summed E-state index contributed by atoms with van der Waals surface area (Å²) in [6.07, 6.45) is 3.76. The average Bonchev–Trinajstić information content (AvgIpc) is 2.80. The average molecular weight is 223 g/mol. The second kappa shape index (κ2) is 4.51. The van der Waals surface area contributed by atoms with Gasteiger partial charge in [-0.3, -0.25) is 11.3 Å². The highest BCUT2D eigenvalue weighted by atomic mass is 15.3. The third-order valence-electron chi connectivity index (χ3n) is 3.44. The molecule has 90 valence electrons. The molecule has 0 saturated heterocycles. The highest BCUT2D eigenvalue weighted by Crippen LogP contribution is 2.41. The molecule has 1 aromatic heterocycles. The molecule has 0 amide bonds. The Morgan fingerprint density at radius 3 is 2.81 bits per heavy atom. The number of nitrogens with zero attached hydrogens (tertiary/aromatic N) is 3. The van der Waals surface area contributed by atoms with Crippen LogP contribution in [0.1, 0.15) is 39.1 Å². The maximum Gasteiger partial charge on any atom is 0.138 e. The molecule has 1 heterocycles. The molecule has 1 aliphatic carbocycles. The molecule has 1 saturated carbocycles. The van der Waals surface area contributed by atoms with Gasteiger partial charge in [-0.1, -0.05) is 6.92 Å². The van der Waals surface area contributed by atoms with Gasteiger partial charge in [0.15, 0.2) is 0 Å². The quantitative estimate of drug-likeness (QED) is 0.574. The zero-order chi connectivity index (χ0) is 11.7. The van der Waals surface area contributed by atoms with Gasteiger partial charge in [0.05, 0.1) is 0 Å². The van der Waals surface area contributed by atoms with E-state index < -0.39 is 0 Å². The van der Waals surface area contributed by atoms with E-state index >= 15 is 0 Å². The van der Waals surface area contributed by atoms with Crippen LogP contribution in [-0.4, -0.2) is 20.8 Å². The Kier molecular flexibility index (Phi) is 3.25. The van der Waals surface area contributed by atoms with Crippen LogP contribution in [0.15, 0.2) is 6.33 Å². The Labute approximate surface area is 96.4 Å². The SMILES string of the molecule is CC1CC1C(Cc1ncnn1C(C)C)NN. The van der Waals surface area contributed by atoms with E-state index in [0.29, 0.717) is 18.0 Å². The first kappa shape index (κ1) is 11.5. The van der Waals surface area contributed by atoms with Crippen molar-refractivity contribution in [2.75, 3.05) is 0 Å². The molecule has 0 radical (unpaired) electrons. The van der Waals surface area contributed by atoms with Crippen LogP contribution in [0.2, 0.25) is 0 Å². The molecule has 0 bridgehead atoms. The van der Waals surface area contributed by atoms with Gasteiger partial charge in [0.25, 0.3) is 0 Å². The van der Waals surface area contributed by atoms with Crippen molar-refractivity contribution in [3.63, 3.8) is 0 Å². The van der Waals surface area contributed by atoms with E-state index in [2.05, 4.69) is 36.3 Å². The fraction of sp³-hybridized carbons (Fsp3) is 0.818. The van der Waals surface area contributed by atoms with Crippen LogP contribution in [0.25, 0.3) is 0 Å². The molecule has 1 aliphatic rings. The van der Waals surface area contributed by atoms with Crippen LogP contribution in [0.5, 0.6) is 0 Å². The summed E-state index contributed by atoms with van der Waals surface area (Å²) < 4.78 is 1.97. The second-order valence-electron chi connectivity index (χ2n) is 5.07. The molecular weight excluding hydrogens is 202 g/mol. The maximum atomic E-state index is 5.61. The van der Waals surface area contributed by atoms with E-state index in [1.807, 2.05) is 4.68 Å². The number of nitrogens with one attached hydrogen (secondary N) is 1. The first-order valence-electron chi connectivity index (χ1n) is 5.98. The van der Waals surface area contributed by atoms with Gasteiger partial charge in [-0.15, -0.1) is 0 Å². The highest BCUT2D eigenvalue weighted by Gasteiger charge is 2.39. The molecule has 0 aromatic carbocycles. The minimum absolute atomic E-state index is 0.330. The van der Waals surface area contributed by atoms with E-state index in [1.165, 1.54) is 6.42 Å². The minimum Gasteiger partial charge on any atom is -0.271 e. The van der Waals surface area contributed by atoms with Crippen molar-refractivity contribution in [2.45, 2.75) is 45.7 Å². The Hall–Kier alpha value is -0.940. The normalized spacial score (nSPS) is 26.1. The summed E-state index contributed by atoms with van der Waals surface area (Å²) in [4.78, 5) is 4.32. The molecule has 1 aromatic rings. The third kappa shape index (κ3) is 2.25. The van der Waals surface area contributed by atoms with Crippen molar-refractivity contribution in [3.05, 3.63) is 12.2 Å².